The molecule has 0 saturated carbocycles. The van der Waals surface area contributed by atoms with E-state index in [2.05, 4.69) is 16.7 Å². The van der Waals surface area contributed by atoms with E-state index in [0.717, 1.165) is 48.7 Å². The molecule has 0 saturated heterocycles. The Morgan fingerprint density at radius 1 is 0.535 bits per heavy atom. The zero-order valence-corrected chi connectivity index (χ0v) is 23.4. The molecular formula is C35H20N6OS. The van der Waals surface area contributed by atoms with Crippen LogP contribution in [0.15, 0.2) is 126 Å². The van der Waals surface area contributed by atoms with Crippen LogP contribution in [0, 0.1) is 0 Å². The second kappa shape index (κ2) is 9.14. The third kappa shape index (κ3) is 3.57. The molecule has 8 heteroatoms. The fourth-order valence-corrected chi connectivity index (χ4v) is 6.92. The molecule has 4 aromatic heterocycles. The second-order valence-corrected chi connectivity index (χ2v) is 11.3. The second-order valence-electron chi connectivity index (χ2n) is 10.3. The maximum Gasteiger partial charge on any atom is 0.266 e. The number of nitrogens with zero attached hydrogens (tertiary/aromatic N) is 6. The van der Waals surface area contributed by atoms with Gasteiger partial charge in [-0.3, -0.25) is 9.36 Å². The molecule has 0 radical (unpaired) electrons. The molecule has 7 nitrogen and oxygen atoms in total. The van der Waals surface area contributed by atoms with Gasteiger partial charge < -0.3 is 0 Å². The largest absolute Gasteiger partial charge is 0.278 e. The van der Waals surface area contributed by atoms with Gasteiger partial charge in [-0.05, 0) is 30.3 Å². The lowest BCUT2D eigenvalue weighted by molar-refractivity contribution is 0.953. The van der Waals surface area contributed by atoms with Crippen LogP contribution in [-0.4, -0.2) is 28.9 Å². The van der Waals surface area contributed by atoms with Crippen molar-refractivity contribution in [1.82, 2.24) is 28.9 Å². The van der Waals surface area contributed by atoms with Crippen molar-refractivity contribution >= 4 is 59.2 Å². The average molecular weight is 573 g/mol. The van der Waals surface area contributed by atoms with Crippen molar-refractivity contribution < 1.29 is 0 Å². The number of fused-ring (bicyclic) bond motifs is 8. The molecular weight excluding hydrogens is 552 g/mol. The van der Waals surface area contributed by atoms with Crippen LogP contribution in [-0.2, 0) is 0 Å². The summed E-state index contributed by atoms with van der Waals surface area (Å²) in [6.45, 7) is 0. The van der Waals surface area contributed by atoms with Gasteiger partial charge >= 0.3 is 0 Å². The first-order chi connectivity index (χ1) is 21.2. The van der Waals surface area contributed by atoms with Crippen molar-refractivity contribution in [2.45, 2.75) is 0 Å². The maximum atomic E-state index is 13.6. The number of benzene rings is 5. The van der Waals surface area contributed by atoms with Crippen LogP contribution in [0.4, 0.5) is 0 Å². The molecule has 0 bridgehead atoms. The molecule has 0 aliphatic rings. The van der Waals surface area contributed by atoms with E-state index < -0.39 is 0 Å². The van der Waals surface area contributed by atoms with Crippen LogP contribution in [0.1, 0.15) is 0 Å². The molecule has 0 amide bonds. The number of hydrogen-bond acceptors (Lipinski definition) is 6. The van der Waals surface area contributed by atoms with Gasteiger partial charge in [0.25, 0.3) is 5.56 Å². The minimum Gasteiger partial charge on any atom is -0.278 e. The molecule has 9 rings (SSSR count). The summed E-state index contributed by atoms with van der Waals surface area (Å²) in [6.07, 6.45) is 0. The molecule has 0 aliphatic heterocycles. The quantitative estimate of drug-likeness (QED) is 0.217. The van der Waals surface area contributed by atoms with Gasteiger partial charge in [-0.25, -0.2) is 14.4 Å². The Balaban J connectivity index is 1.40. The summed E-state index contributed by atoms with van der Waals surface area (Å²) < 4.78 is 4.73. The van der Waals surface area contributed by atoms with Crippen molar-refractivity contribution in [2.75, 3.05) is 0 Å². The Kier molecular flexibility index (Phi) is 5.08. The molecule has 202 valence electrons. The monoisotopic (exact) mass is 572 g/mol. The number of para-hydroxylation sites is 1. The van der Waals surface area contributed by atoms with Gasteiger partial charge in [0.2, 0.25) is 5.95 Å². The average Bonchev–Trinajstić information content (AvgIpc) is 3.61. The molecule has 5 aromatic carbocycles. The lowest BCUT2D eigenvalue weighted by Gasteiger charge is -2.10. The van der Waals surface area contributed by atoms with Crippen LogP contribution in [0.2, 0.25) is 0 Å². The molecule has 0 fully saturated rings. The Morgan fingerprint density at radius 2 is 1.14 bits per heavy atom. The van der Waals surface area contributed by atoms with E-state index in [1.165, 1.54) is 11.3 Å². The summed E-state index contributed by atoms with van der Waals surface area (Å²) in [5.74, 6) is 1.70. The third-order valence-electron chi connectivity index (χ3n) is 7.84. The number of hydrogen-bond donors (Lipinski definition) is 0. The van der Waals surface area contributed by atoms with Crippen LogP contribution in [0.5, 0.6) is 0 Å². The fourth-order valence-electron chi connectivity index (χ4n) is 5.90. The molecule has 0 aliphatic carbocycles. The normalized spacial score (nSPS) is 11.8. The summed E-state index contributed by atoms with van der Waals surface area (Å²) in [5.41, 5.74) is 5.16. The van der Waals surface area contributed by atoms with E-state index in [9.17, 15) is 4.79 Å². The summed E-state index contributed by atoms with van der Waals surface area (Å²) in [7, 11) is 0. The van der Waals surface area contributed by atoms with Crippen LogP contribution in [0.3, 0.4) is 0 Å². The standard InChI is InChI=1S/C35H20N6OS/c42-33-24-16-8-10-18-28(24)43-35-36-30-27(41(33)35)20-19-26-29(30)23-15-7-9-17-25(23)40(26)34-38-31(21-11-3-1-4-12-21)37-32(39-34)22-13-5-2-6-14-22/h1-20H. The van der Waals surface area contributed by atoms with E-state index in [-0.39, 0.29) is 5.56 Å². The first kappa shape index (κ1) is 23.9. The predicted molar refractivity (Wildman–Crippen MR) is 173 cm³/mol. The van der Waals surface area contributed by atoms with Gasteiger partial charge in [0.15, 0.2) is 16.6 Å². The lowest BCUT2D eigenvalue weighted by Crippen LogP contribution is -2.11. The highest BCUT2D eigenvalue weighted by molar-refractivity contribution is 7.23. The zero-order valence-electron chi connectivity index (χ0n) is 22.5. The SMILES string of the molecule is O=c1c2ccccc2sc2nc3c4c5ccccc5n(-c5nc(-c6ccccc6)nc(-c6ccccc6)n5)c4ccc3n12. The molecule has 4 heterocycles. The van der Waals surface area contributed by atoms with E-state index in [1.807, 2.05) is 109 Å². The van der Waals surface area contributed by atoms with Gasteiger partial charge in [0.05, 0.1) is 21.9 Å². The highest BCUT2D eigenvalue weighted by atomic mass is 32.1. The first-order valence-electron chi connectivity index (χ1n) is 13.9. The molecule has 43 heavy (non-hydrogen) atoms. The zero-order chi connectivity index (χ0) is 28.5. The van der Waals surface area contributed by atoms with Gasteiger partial charge in [-0.15, -0.1) is 0 Å². The molecule has 0 N–H and O–H groups in total. The lowest BCUT2D eigenvalue weighted by atomic mass is 10.1. The van der Waals surface area contributed by atoms with Gasteiger partial charge in [0.1, 0.15) is 5.52 Å². The van der Waals surface area contributed by atoms with Gasteiger partial charge in [-0.2, -0.15) is 9.97 Å². The Labute approximate surface area is 248 Å². The molecule has 0 atom stereocenters. The van der Waals surface area contributed by atoms with Crippen molar-refractivity contribution in [1.29, 1.82) is 0 Å². The molecule has 0 spiro atoms. The van der Waals surface area contributed by atoms with Gasteiger partial charge in [-0.1, -0.05) is 102 Å². The molecule has 9 aromatic rings. The summed E-state index contributed by atoms with van der Waals surface area (Å²) in [6, 6.07) is 39.8. The summed E-state index contributed by atoms with van der Waals surface area (Å²) in [5, 5.41) is 2.65. The Morgan fingerprint density at radius 3 is 1.86 bits per heavy atom. The predicted octanol–water partition coefficient (Wildman–Crippen LogP) is 7.68. The van der Waals surface area contributed by atoms with E-state index in [4.69, 9.17) is 19.9 Å². The summed E-state index contributed by atoms with van der Waals surface area (Å²) in [4.78, 5) is 34.3. The maximum absolute atomic E-state index is 13.6. The van der Waals surface area contributed by atoms with Crippen molar-refractivity contribution in [3.8, 4) is 28.7 Å². The van der Waals surface area contributed by atoms with Crippen LogP contribution >= 0.6 is 11.3 Å². The minimum atomic E-state index is -0.0626. The van der Waals surface area contributed by atoms with E-state index >= 15 is 0 Å². The molecule has 0 unspecified atom stereocenters. The summed E-state index contributed by atoms with van der Waals surface area (Å²) >= 11 is 1.52. The Bertz CT molecular complexity index is 2530. The highest BCUT2D eigenvalue weighted by Crippen LogP contribution is 2.37. The number of imidazole rings is 1. The van der Waals surface area contributed by atoms with Gasteiger partial charge in [0, 0.05) is 26.6 Å². The first-order valence-corrected chi connectivity index (χ1v) is 14.7. The fraction of sp³-hybridized carbons (Fsp3) is 0. The van der Waals surface area contributed by atoms with Crippen molar-refractivity contribution in [3.63, 3.8) is 0 Å². The topological polar surface area (TPSA) is 78.0 Å². The number of rotatable bonds is 3. The van der Waals surface area contributed by atoms with Crippen LogP contribution < -0.4 is 5.56 Å². The highest BCUT2D eigenvalue weighted by Gasteiger charge is 2.21. The Hall–Kier alpha value is -5.73. The third-order valence-corrected chi connectivity index (χ3v) is 8.87. The number of aromatic nitrogens is 6. The van der Waals surface area contributed by atoms with E-state index in [0.29, 0.717) is 27.9 Å². The van der Waals surface area contributed by atoms with Crippen molar-refractivity contribution in [3.05, 3.63) is 132 Å². The van der Waals surface area contributed by atoms with Crippen LogP contribution in [0.25, 0.3) is 76.6 Å². The van der Waals surface area contributed by atoms with Crippen molar-refractivity contribution in [2.24, 2.45) is 0 Å². The minimum absolute atomic E-state index is 0.0626. The smallest absolute Gasteiger partial charge is 0.266 e. The van der Waals surface area contributed by atoms with E-state index in [1.54, 1.807) is 4.40 Å².